The zero-order valence-corrected chi connectivity index (χ0v) is 20.4. The lowest BCUT2D eigenvalue weighted by Gasteiger charge is -2.36. The SMILES string of the molecule is CCCC(=O)Nc1nc(OCCCCN2CCN(c3cccc4ccccc34)CC2)ccc1C. The van der Waals surface area contributed by atoms with E-state index < -0.39 is 0 Å². The molecule has 1 N–H and O–H groups in total. The number of benzene rings is 2. The summed E-state index contributed by atoms with van der Waals surface area (Å²) in [6, 6.07) is 19.1. The molecule has 0 aliphatic carbocycles. The lowest BCUT2D eigenvalue weighted by Crippen LogP contribution is -2.46. The van der Waals surface area contributed by atoms with Crippen LogP contribution in [0.4, 0.5) is 11.5 Å². The van der Waals surface area contributed by atoms with Crippen molar-refractivity contribution in [2.24, 2.45) is 0 Å². The number of hydrogen-bond acceptors (Lipinski definition) is 5. The summed E-state index contributed by atoms with van der Waals surface area (Å²) < 4.78 is 5.86. The Morgan fingerprint density at radius 2 is 1.79 bits per heavy atom. The number of carbonyl (C=O) groups is 1. The van der Waals surface area contributed by atoms with Crippen LogP contribution in [0.3, 0.4) is 0 Å². The Labute approximate surface area is 202 Å². The normalized spacial score (nSPS) is 14.4. The number of aromatic nitrogens is 1. The molecule has 0 bridgehead atoms. The zero-order valence-electron chi connectivity index (χ0n) is 20.4. The third kappa shape index (κ3) is 6.26. The van der Waals surface area contributed by atoms with Crippen molar-refractivity contribution in [1.29, 1.82) is 0 Å². The number of hydrogen-bond donors (Lipinski definition) is 1. The van der Waals surface area contributed by atoms with Crippen LogP contribution < -0.4 is 15.0 Å². The number of piperazine rings is 1. The van der Waals surface area contributed by atoms with E-state index in [4.69, 9.17) is 4.74 Å². The second-order valence-electron chi connectivity index (χ2n) is 9.00. The van der Waals surface area contributed by atoms with Gasteiger partial charge in [0.15, 0.2) is 0 Å². The Hall–Kier alpha value is -3.12. The lowest BCUT2D eigenvalue weighted by molar-refractivity contribution is -0.116. The van der Waals surface area contributed by atoms with Gasteiger partial charge in [0.05, 0.1) is 6.61 Å². The number of unbranched alkanes of at least 4 members (excludes halogenated alkanes) is 1. The topological polar surface area (TPSA) is 57.7 Å². The molecule has 0 radical (unpaired) electrons. The molecule has 1 amide bonds. The van der Waals surface area contributed by atoms with E-state index in [9.17, 15) is 4.79 Å². The molecule has 2 heterocycles. The van der Waals surface area contributed by atoms with Gasteiger partial charge in [-0.3, -0.25) is 9.69 Å². The van der Waals surface area contributed by atoms with Gasteiger partial charge >= 0.3 is 0 Å². The van der Waals surface area contributed by atoms with Crippen LogP contribution in [0.2, 0.25) is 0 Å². The average Bonchev–Trinajstić information content (AvgIpc) is 2.86. The Kier molecular flexibility index (Phi) is 8.36. The molecule has 0 spiro atoms. The zero-order chi connectivity index (χ0) is 23.8. The molecule has 4 rings (SSSR count). The second-order valence-corrected chi connectivity index (χ2v) is 9.00. The maximum absolute atomic E-state index is 11.9. The fourth-order valence-corrected chi connectivity index (χ4v) is 4.45. The maximum atomic E-state index is 11.9. The van der Waals surface area contributed by atoms with E-state index in [-0.39, 0.29) is 5.91 Å². The molecule has 2 aromatic carbocycles. The number of ether oxygens (including phenoxy) is 1. The number of nitrogens with one attached hydrogen (secondary N) is 1. The van der Waals surface area contributed by atoms with Crippen molar-refractivity contribution in [1.82, 2.24) is 9.88 Å². The molecule has 1 aromatic heterocycles. The average molecular weight is 461 g/mol. The number of pyridine rings is 1. The number of anilines is 2. The van der Waals surface area contributed by atoms with Gasteiger partial charge in [-0.05, 0) is 49.7 Å². The van der Waals surface area contributed by atoms with E-state index in [1.807, 2.05) is 26.0 Å². The van der Waals surface area contributed by atoms with Crippen LogP contribution in [0, 0.1) is 6.92 Å². The highest BCUT2D eigenvalue weighted by Gasteiger charge is 2.18. The number of amides is 1. The van der Waals surface area contributed by atoms with Gasteiger partial charge in [0.1, 0.15) is 5.82 Å². The number of rotatable bonds is 10. The molecular formula is C28H36N4O2. The number of aryl methyl sites for hydroxylation is 1. The van der Waals surface area contributed by atoms with E-state index in [1.54, 1.807) is 0 Å². The summed E-state index contributed by atoms with van der Waals surface area (Å²) >= 11 is 0. The Morgan fingerprint density at radius 3 is 2.62 bits per heavy atom. The van der Waals surface area contributed by atoms with Crippen LogP contribution in [0.1, 0.15) is 38.2 Å². The molecule has 3 aromatic rings. The molecular weight excluding hydrogens is 424 g/mol. The lowest BCUT2D eigenvalue weighted by atomic mass is 10.1. The van der Waals surface area contributed by atoms with Crippen LogP contribution in [0.5, 0.6) is 5.88 Å². The molecule has 0 saturated carbocycles. The van der Waals surface area contributed by atoms with Gasteiger partial charge in [0.2, 0.25) is 11.8 Å². The molecule has 6 nitrogen and oxygen atoms in total. The van der Waals surface area contributed by atoms with E-state index in [1.165, 1.54) is 16.5 Å². The van der Waals surface area contributed by atoms with Crippen LogP contribution in [0.25, 0.3) is 10.8 Å². The van der Waals surface area contributed by atoms with Crippen molar-refractivity contribution in [3.8, 4) is 5.88 Å². The highest BCUT2D eigenvalue weighted by atomic mass is 16.5. The molecule has 180 valence electrons. The van der Waals surface area contributed by atoms with Gasteiger partial charge in [0.25, 0.3) is 0 Å². The minimum absolute atomic E-state index is 0.00389. The van der Waals surface area contributed by atoms with E-state index in [0.717, 1.165) is 57.5 Å². The second kappa shape index (κ2) is 11.8. The summed E-state index contributed by atoms with van der Waals surface area (Å²) in [5.74, 6) is 1.16. The standard InChI is InChI=1S/C28H36N4O2/c1-3-9-26(33)29-28-22(2)14-15-27(30-28)34-21-7-6-16-31-17-19-32(20-18-31)25-13-8-11-23-10-4-5-12-24(23)25/h4-5,8,10-15H,3,6-7,9,16-21H2,1-2H3,(H,29,30,33). The minimum atomic E-state index is -0.00389. The van der Waals surface area contributed by atoms with Crippen LogP contribution in [-0.2, 0) is 4.79 Å². The van der Waals surface area contributed by atoms with Gasteiger partial charge in [-0.15, -0.1) is 0 Å². The fraction of sp³-hybridized carbons (Fsp3) is 0.429. The Morgan fingerprint density at radius 1 is 1.00 bits per heavy atom. The van der Waals surface area contributed by atoms with Crippen LogP contribution >= 0.6 is 0 Å². The van der Waals surface area contributed by atoms with Crippen LogP contribution in [0.15, 0.2) is 54.6 Å². The molecule has 1 fully saturated rings. The van der Waals surface area contributed by atoms with Gasteiger partial charge < -0.3 is 15.0 Å². The summed E-state index contributed by atoms with van der Waals surface area (Å²) in [6.45, 7) is 9.95. The predicted molar refractivity (Wildman–Crippen MR) is 140 cm³/mol. The molecule has 1 aliphatic rings. The van der Waals surface area contributed by atoms with Crippen molar-refractivity contribution in [3.63, 3.8) is 0 Å². The highest BCUT2D eigenvalue weighted by Crippen LogP contribution is 2.27. The van der Waals surface area contributed by atoms with Crippen LogP contribution in [-0.4, -0.2) is 55.1 Å². The van der Waals surface area contributed by atoms with Crippen molar-refractivity contribution < 1.29 is 9.53 Å². The first-order chi connectivity index (χ1) is 16.6. The van der Waals surface area contributed by atoms with Crippen molar-refractivity contribution in [2.75, 3.05) is 49.5 Å². The van der Waals surface area contributed by atoms with Crippen molar-refractivity contribution in [3.05, 3.63) is 60.2 Å². The summed E-state index contributed by atoms with van der Waals surface area (Å²) in [4.78, 5) is 21.4. The quantitative estimate of drug-likeness (QED) is 0.418. The molecule has 1 aliphatic heterocycles. The minimum Gasteiger partial charge on any atom is -0.478 e. The highest BCUT2D eigenvalue weighted by molar-refractivity contribution is 5.94. The monoisotopic (exact) mass is 460 g/mol. The predicted octanol–water partition coefficient (Wildman–Crippen LogP) is 5.26. The maximum Gasteiger partial charge on any atom is 0.225 e. The number of carbonyl (C=O) groups excluding carboxylic acids is 1. The summed E-state index contributed by atoms with van der Waals surface area (Å²) in [6.07, 6.45) is 3.40. The third-order valence-electron chi connectivity index (χ3n) is 6.40. The smallest absolute Gasteiger partial charge is 0.225 e. The molecule has 1 saturated heterocycles. The Balaban J connectivity index is 1.18. The van der Waals surface area contributed by atoms with Gasteiger partial charge in [-0.1, -0.05) is 49.4 Å². The first-order valence-electron chi connectivity index (χ1n) is 12.5. The molecule has 0 unspecified atom stereocenters. The number of nitrogens with zero attached hydrogens (tertiary/aromatic N) is 3. The van der Waals surface area contributed by atoms with E-state index >= 15 is 0 Å². The molecule has 0 atom stereocenters. The van der Waals surface area contributed by atoms with E-state index in [2.05, 4.69) is 62.6 Å². The van der Waals surface area contributed by atoms with Gasteiger partial charge in [-0.25, -0.2) is 0 Å². The molecule has 34 heavy (non-hydrogen) atoms. The number of fused-ring (bicyclic) bond motifs is 1. The summed E-state index contributed by atoms with van der Waals surface area (Å²) in [5, 5.41) is 5.53. The summed E-state index contributed by atoms with van der Waals surface area (Å²) in [7, 11) is 0. The first-order valence-corrected chi connectivity index (χ1v) is 12.5. The summed E-state index contributed by atoms with van der Waals surface area (Å²) in [5.41, 5.74) is 2.29. The first kappa shape index (κ1) is 24.0. The van der Waals surface area contributed by atoms with Gasteiger partial charge in [0, 0.05) is 49.7 Å². The molecule has 6 heteroatoms. The van der Waals surface area contributed by atoms with E-state index in [0.29, 0.717) is 24.7 Å². The van der Waals surface area contributed by atoms with Crippen molar-refractivity contribution >= 4 is 28.2 Å². The third-order valence-corrected chi connectivity index (χ3v) is 6.40. The largest absolute Gasteiger partial charge is 0.478 e. The van der Waals surface area contributed by atoms with Gasteiger partial charge in [-0.2, -0.15) is 4.98 Å². The Bertz CT molecular complexity index is 1090. The van der Waals surface area contributed by atoms with Crippen molar-refractivity contribution in [2.45, 2.75) is 39.5 Å². The fourth-order valence-electron chi connectivity index (χ4n) is 4.45.